The number of hydrogen-bond acceptors (Lipinski definition) is 5. The molecule has 2 N–H and O–H groups in total. The van der Waals surface area contributed by atoms with Crippen molar-refractivity contribution in [2.45, 2.75) is 18.5 Å². The zero-order valence-corrected chi connectivity index (χ0v) is 12.2. The first-order valence-corrected chi connectivity index (χ1v) is 8.03. The van der Waals surface area contributed by atoms with Gasteiger partial charge in [0.25, 0.3) is 10.0 Å². The minimum absolute atomic E-state index is 0.0578. The molecule has 0 bridgehead atoms. The number of aromatic nitrogens is 1. The van der Waals surface area contributed by atoms with Crippen molar-refractivity contribution in [1.82, 2.24) is 9.71 Å². The maximum absolute atomic E-state index is 12.0. The summed E-state index contributed by atoms with van der Waals surface area (Å²) in [7, 11) is -3.74. The largest absolute Gasteiger partial charge is 0.478 e. The van der Waals surface area contributed by atoms with E-state index in [9.17, 15) is 13.2 Å². The van der Waals surface area contributed by atoms with E-state index in [1.165, 1.54) is 23.5 Å². The Kier molecular flexibility index (Phi) is 4.17. The van der Waals surface area contributed by atoms with E-state index >= 15 is 0 Å². The summed E-state index contributed by atoms with van der Waals surface area (Å²) in [6.45, 7) is 2.08. The summed E-state index contributed by atoms with van der Waals surface area (Å²) >= 11 is 1.50. The number of nitrogens with one attached hydrogen (secondary N) is 1. The number of hydrogen-bond donors (Lipinski definition) is 2. The predicted molar refractivity (Wildman–Crippen MR) is 74.3 cm³/mol. The quantitative estimate of drug-likeness (QED) is 0.874. The number of nitrogens with zero attached hydrogens (tertiary/aromatic N) is 1. The van der Waals surface area contributed by atoms with Crippen LogP contribution in [-0.4, -0.2) is 24.5 Å². The maximum atomic E-state index is 12.0. The van der Waals surface area contributed by atoms with Gasteiger partial charge in [-0.15, -0.1) is 0 Å². The molecule has 2 aromatic heterocycles. The van der Waals surface area contributed by atoms with E-state index in [1.54, 1.807) is 0 Å². The second-order valence-electron chi connectivity index (χ2n) is 4.09. The van der Waals surface area contributed by atoms with Crippen LogP contribution in [0.1, 0.15) is 21.5 Å². The molecule has 0 aliphatic carbocycles. The summed E-state index contributed by atoms with van der Waals surface area (Å²) in [6.07, 6.45) is 1.02. The summed E-state index contributed by atoms with van der Waals surface area (Å²) in [5.41, 5.74) is 1.87. The Balaban J connectivity index is 2.14. The van der Waals surface area contributed by atoms with E-state index in [1.807, 2.05) is 17.7 Å². The number of thiophene rings is 1. The fourth-order valence-corrected chi connectivity index (χ4v) is 3.27. The van der Waals surface area contributed by atoms with E-state index in [0.29, 0.717) is 0 Å². The number of aromatic carboxylic acids is 1. The second-order valence-corrected chi connectivity index (χ2v) is 6.55. The molecule has 0 aliphatic rings. The molecule has 2 aromatic rings. The van der Waals surface area contributed by atoms with Crippen molar-refractivity contribution in [2.24, 2.45) is 0 Å². The highest BCUT2D eigenvalue weighted by atomic mass is 32.2. The van der Waals surface area contributed by atoms with Crippen molar-refractivity contribution in [3.05, 3.63) is 45.8 Å². The van der Waals surface area contributed by atoms with Crippen LogP contribution >= 0.6 is 11.3 Å². The molecular weight excluding hydrogens is 300 g/mol. The number of sulfonamides is 1. The highest BCUT2D eigenvalue weighted by Gasteiger charge is 2.16. The van der Waals surface area contributed by atoms with Gasteiger partial charge in [0.05, 0.1) is 5.56 Å². The van der Waals surface area contributed by atoms with Crippen molar-refractivity contribution in [2.75, 3.05) is 0 Å². The van der Waals surface area contributed by atoms with E-state index in [-0.39, 0.29) is 17.1 Å². The Morgan fingerprint density at radius 3 is 2.65 bits per heavy atom. The van der Waals surface area contributed by atoms with Crippen molar-refractivity contribution in [3.8, 4) is 0 Å². The fourth-order valence-electron chi connectivity index (χ4n) is 1.48. The number of rotatable bonds is 5. The third-order valence-corrected chi connectivity index (χ3v) is 4.90. The molecule has 0 atom stereocenters. The Hall–Kier alpha value is -1.77. The minimum atomic E-state index is -3.74. The van der Waals surface area contributed by atoms with Crippen LogP contribution in [0.3, 0.4) is 0 Å². The fraction of sp³-hybridized carbons (Fsp3) is 0.167. The molecule has 0 saturated carbocycles. The van der Waals surface area contributed by atoms with Crippen molar-refractivity contribution < 1.29 is 18.3 Å². The first kappa shape index (κ1) is 14.6. The minimum Gasteiger partial charge on any atom is -0.478 e. The van der Waals surface area contributed by atoms with Gasteiger partial charge >= 0.3 is 5.97 Å². The molecule has 6 nitrogen and oxygen atoms in total. The normalized spacial score (nSPS) is 11.4. The molecule has 20 heavy (non-hydrogen) atoms. The summed E-state index contributed by atoms with van der Waals surface area (Å²) in [6, 6.07) is 2.38. The summed E-state index contributed by atoms with van der Waals surface area (Å²) in [5.74, 6) is -1.15. The van der Waals surface area contributed by atoms with E-state index in [0.717, 1.165) is 17.3 Å². The van der Waals surface area contributed by atoms with Gasteiger partial charge in [-0.3, -0.25) is 0 Å². The van der Waals surface area contributed by atoms with Crippen LogP contribution in [0.15, 0.2) is 34.1 Å². The Morgan fingerprint density at radius 1 is 1.40 bits per heavy atom. The van der Waals surface area contributed by atoms with Crippen molar-refractivity contribution in [3.63, 3.8) is 0 Å². The summed E-state index contributed by atoms with van der Waals surface area (Å²) in [4.78, 5) is 14.3. The molecule has 2 rings (SSSR count). The maximum Gasteiger partial charge on any atom is 0.337 e. The van der Waals surface area contributed by atoms with Gasteiger partial charge in [-0.1, -0.05) is 0 Å². The van der Waals surface area contributed by atoms with Crippen molar-refractivity contribution >= 4 is 27.3 Å². The molecule has 0 aliphatic heterocycles. The highest BCUT2D eigenvalue weighted by molar-refractivity contribution is 7.89. The second kappa shape index (κ2) is 5.70. The zero-order valence-electron chi connectivity index (χ0n) is 10.5. The molecule has 2 heterocycles. The molecule has 0 amide bonds. The summed E-state index contributed by atoms with van der Waals surface area (Å²) < 4.78 is 26.4. The van der Waals surface area contributed by atoms with Crippen LogP contribution in [0.5, 0.6) is 0 Å². The lowest BCUT2D eigenvalue weighted by atomic mass is 10.2. The van der Waals surface area contributed by atoms with Crippen LogP contribution in [-0.2, 0) is 16.6 Å². The SMILES string of the molecule is Cc1cscc1CNS(=O)(=O)c1ccc(C(=O)O)cn1. The standard InChI is InChI=1S/C12H12N2O4S2/c1-8-6-19-7-10(8)5-14-20(17,18)11-3-2-9(4-13-11)12(15)16/h2-4,6-7,14H,5H2,1H3,(H,15,16). The van der Waals surface area contributed by atoms with Gasteiger partial charge in [-0.05, 0) is 40.9 Å². The van der Waals surface area contributed by atoms with Crippen LogP contribution in [0, 0.1) is 6.92 Å². The Morgan fingerprint density at radius 2 is 2.15 bits per heavy atom. The van der Waals surface area contributed by atoms with Gasteiger partial charge in [0.15, 0.2) is 5.03 Å². The van der Waals surface area contributed by atoms with Gasteiger partial charge in [0.2, 0.25) is 0 Å². The lowest BCUT2D eigenvalue weighted by Gasteiger charge is -2.06. The Labute approximate surface area is 120 Å². The van der Waals surface area contributed by atoms with Gasteiger partial charge in [0.1, 0.15) is 0 Å². The number of aryl methyl sites for hydroxylation is 1. The van der Waals surface area contributed by atoms with Gasteiger partial charge in [-0.2, -0.15) is 11.3 Å². The number of carboxylic acids is 1. The number of pyridine rings is 1. The summed E-state index contributed by atoms with van der Waals surface area (Å²) in [5, 5.41) is 12.3. The number of carboxylic acid groups (broad SMARTS) is 1. The van der Waals surface area contributed by atoms with Crippen LogP contribution in [0.2, 0.25) is 0 Å². The topological polar surface area (TPSA) is 96.4 Å². The van der Waals surface area contributed by atoms with Crippen LogP contribution in [0.25, 0.3) is 0 Å². The smallest absolute Gasteiger partial charge is 0.337 e. The van der Waals surface area contributed by atoms with E-state index < -0.39 is 16.0 Å². The molecule has 0 unspecified atom stereocenters. The third kappa shape index (κ3) is 3.21. The average Bonchev–Trinajstić information content (AvgIpc) is 2.82. The van der Waals surface area contributed by atoms with Crippen LogP contribution < -0.4 is 4.72 Å². The molecule has 0 radical (unpaired) electrons. The molecule has 106 valence electrons. The van der Waals surface area contributed by atoms with Gasteiger partial charge < -0.3 is 5.11 Å². The molecule has 8 heteroatoms. The molecule has 0 aromatic carbocycles. The molecular formula is C12H12N2O4S2. The van der Waals surface area contributed by atoms with Crippen molar-refractivity contribution in [1.29, 1.82) is 0 Å². The van der Waals surface area contributed by atoms with Gasteiger partial charge in [-0.25, -0.2) is 22.9 Å². The predicted octanol–water partition coefficient (Wildman–Crippen LogP) is 1.63. The average molecular weight is 312 g/mol. The van der Waals surface area contributed by atoms with Crippen LogP contribution in [0.4, 0.5) is 0 Å². The first-order chi connectivity index (χ1) is 9.40. The Bertz CT molecular complexity index is 720. The van der Waals surface area contributed by atoms with Gasteiger partial charge in [0, 0.05) is 12.7 Å². The number of carbonyl (C=O) groups is 1. The van der Waals surface area contributed by atoms with E-state index in [4.69, 9.17) is 5.11 Å². The zero-order chi connectivity index (χ0) is 14.8. The highest BCUT2D eigenvalue weighted by Crippen LogP contribution is 2.14. The molecule has 0 fully saturated rings. The molecule has 0 saturated heterocycles. The lowest BCUT2D eigenvalue weighted by Crippen LogP contribution is -2.24. The lowest BCUT2D eigenvalue weighted by molar-refractivity contribution is 0.0696. The first-order valence-electron chi connectivity index (χ1n) is 5.61. The monoisotopic (exact) mass is 312 g/mol. The van der Waals surface area contributed by atoms with E-state index in [2.05, 4.69) is 9.71 Å². The molecule has 0 spiro atoms. The third-order valence-electron chi connectivity index (χ3n) is 2.67.